The third kappa shape index (κ3) is 3.46. The Labute approximate surface area is 133 Å². The fraction of sp³-hybridized carbons (Fsp3) is 0.0714. The topological polar surface area (TPSA) is 17.1 Å². The molecule has 2 aromatic rings. The predicted octanol–water partition coefficient (Wildman–Crippen LogP) is 5.16. The van der Waals surface area contributed by atoms with Crippen LogP contribution >= 0.6 is 45.8 Å². The first-order valence-electron chi connectivity index (χ1n) is 5.40. The Hall–Kier alpha value is -0.650. The molecule has 0 saturated carbocycles. The van der Waals surface area contributed by atoms with Gasteiger partial charge in [0.15, 0.2) is 5.78 Å². The normalized spacial score (nSPS) is 10.5. The van der Waals surface area contributed by atoms with E-state index >= 15 is 0 Å². The van der Waals surface area contributed by atoms with Crippen LogP contribution in [0.1, 0.15) is 15.9 Å². The van der Waals surface area contributed by atoms with E-state index < -0.39 is 5.82 Å². The molecule has 1 nitrogen and oxygen atoms in total. The lowest BCUT2D eigenvalue weighted by molar-refractivity contribution is 0.0992. The molecule has 0 amide bonds. The van der Waals surface area contributed by atoms with Crippen molar-refractivity contribution in [3.8, 4) is 0 Å². The minimum Gasteiger partial charge on any atom is -0.294 e. The van der Waals surface area contributed by atoms with Gasteiger partial charge in [-0.15, -0.1) is 0 Å². The second kappa shape index (κ2) is 6.20. The molecule has 0 bridgehead atoms. The lowest BCUT2D eigenvalue weighted by Gasteiger charge is -2.05. The Morgan fingerprint density at radius 3 is 2.58 bits per heavy atom. The van der Waals surface area contributed by atoms with Crippen LogP contribution in [0.3, 0.4) is 0 Å². The molecule has 0 fully saturated rings. The second-order valence-electron chi connectivity index (χ2n) is 3.94. The maximum atomic E-state index is 13.7. The molecule has 0 unspecified atom stereocenters. The predicted molar refractivity (Wildman–Crippen MR) is 83.6 cm³/mol. The summed E-state index contributed by atoms with van der Waals surface area (Å²) in [5.74, 6) is -0.742. The number of hydrogen-bond donors (Lipinski definition) is 0. The van der Waals surface area contributed by atoms with Crippen LogP contribution in [0.25, 0.3) is 0 Å². The minimum atomic E-state index is -0.547. The van der Waals surface area contributed by atoms with Gasteiger partial charge in [0.25, 0.3) is 0 Å². The van der Waals surface area contributed by atoms with E-state index in [2.05, 4.69) is 22.6 Å². The number of ketones is 1. The highest BCUT2D eigenvalue weighted by atomic mass is 127. The van der Waals surface area contributed by atoms with E-state index in [1.807, 2.05) is 0 Å². The van der Waals surface area contributed by atoms with E-state index in [4.69, 9.17) is 23.2 Å². The Morgan fingerprint density at radius 2 is 1.89 bits per heavy atom. The Bertz CT molecular complexity index is 643. The molecule has 0 heterocycles. The minimum absolute atomic E-state index is 0.0194. The number of halogens is 4. The first-order valence-corrected chi connectivity index (χ1v) is 7.23. The third-order valence-corrected chi connectivity index (χ3v) is 4.49. The quantitative estimate of drug-likeness (QED) is 0.506. The van der Waals surface area contributed by atoms with Gasteiger partial charge in [0.05, 0.1) is 10.0 Å². The van der Waals surface area contributed by atoms with Gasteiger partial charge in [-0.2, -0.15) is 0 Å². The summed E-state index contributed by atoms with van der Waals surface area (Å²) in [6.45, 7) is 0. The van der Waals surface area contributed by atoms with Crippen molar-refractivity contribution >= 4 is 51.6 Å². The average Bonchev–Trinajstić information content (AvgIpc) is 2.38. The van der Waals surface area contributed by atoms with E-state index in [0.29, 0.717) is 10.6 Å². The lowest BCUT2D eigenvalue weighted by Crippen LogP contribution is -2.05. The van der Waals surface area contributed by atoms with Crippen molar-refractivity contribution in [2.24, 2.45) is 0 Å². The lowest BCUT2D eigenvalue weighted by atomic mass is 10.0. The molecule has 0 N–H and O–H groups in total. The number of carbonyl (C=O) groups is 1. The van der Waals surface area contributed by atoms with Gasteiger partial charge in [0.1, 0.15) is 5.82 Å². The molecule has 5 heteroatoms. The van der Waals surface area contributed by atoms with Crippen LogP contribution in [0.2, 0.25) is 10.0 Å². The molecule has 0 spiro atoms. The SMILES string of the molecule is O=C(Cc1cccc(Cl)c1F)c1ccc(I)c(Cl)c1. The summed E-state index contributed by atoms with van der Waals surface area (Å²) in [6.07, 6.45) is -0.0384. The molecule has 0 aliphatic heterocycles. The van der Waals surface area contributed by atoms with Crippen LogP contribution in [0, 0.1) is 9.39 Å². The van der Waals surface area contributed by atoms with Crippen molar-refractivity contribution < 1.29 is 9.18 Å². The number of Topliss-reactive ketones (excluding diaryl/α,β-unsaturated/α-hetero) is 1. The monoisotopic (exact) mass is 408 g/mol. The van der Waals surface area contributed by atoms with Gasteiger partial charge in [0, 0.05) is 15.6 Å². The maximum absolute atomic E-state index is 13.7. The molecule has 98 valence electrons. The van der Waals surface area contributed by atoms with Crippen molar-refractivity contribution in [3.63, 3.8) is 0 Å². The van der Waals surface area contributed by atoms with Crippen LogP contribution in [0.4, 0.5) is 4.39 Å². The summed E-state index contributed by atoms with van der Waals surface area (Å²) in [5, 5.41) is 0.531. The number of rotatable bonds is 3. The second-order valence-corrected chi connectivity index (χ2v) is 5.92. The summed E-state index contributed by atoms with van der Waals surface area (Å²) >= 11 is 13.7. The molecule has 0 atom stereocenters. The van der Waals surface area contributed by atoms with Gasteiger partial charge in [-0.25, -0.2) is 4.39 Å². The van der Waals surface area contributed by atoms with E-state index in [0.717, 1.165) is 3.57 Å². The molecule has 0 aliphatic carbocycles. The van der Waals surface area contributed by atoms with Crippen LogP contribution in [-0.2, 0) is 6.42 Å². The van der Waals surface area contributed by atoms with E-state index in [9.17, 15) is 9.18 Å². The summed E-state index contributed by atoms with van der Waals surface area (Å²) in [7, 11) is 0. The number of hydrogen-bond acceptors (Lipinski definition) is 1. The smallest absolute Gasteiger partial charge is 0.167 e. The Balaban J connectivity index is 2.26. The van der Waals surface area contributed by atoms with E-state index in [1.54, 1.807) is 30.3 Å². The average molecular weight is 409 g/mol. The Kier molecular flexibility index (Phi) is 4.81. The zero-order valence-electron chi connectivity index (χ0n) is 9.59. The third-order valence-electron chi connectivity index (χ3n) is 2.62. The molecule has 2 aromatic carbocycles. The van der Waals surface area contributed by atoms with E-state index in [-0.39, 0.29) is 22.8 Å². The molecule has 0 saturated heterocycles. The highest BCUT2D eigenvalue weighted by Crippen LogP contribution is 2.22. The van der Waals surface area contributed by atoms with Gasteiger partial charge >= 0.3 is 0 Å². The largest absolute Gasteiger partial charge is 0.294 e. The maximum Gasteiger partial charge on any atom is 0.167 e. The molecular formula is C14H8Cl2FIO. The molecule has 0 aromatic heterocycles. The zero-order chi connectivity index (χ0) is 14.0. The summed E-state index contributed by atoms with van der Waals surface area (Å²) in [5.41, 5.74) is 0.747. The molecule has 2 rings (SSSR count). The highest BCUT2D eigenvalue weighted by Gasteiger charge is 2.13. The van der Waals surface area contributed by atoms with E-state index in [1.165, 1.54) is 6.07 Å². The molecule has 19 heavy (non-hydrogen) atoms. The summed E-state index contributed by atoms with van der Waals surface area (Å²) in [6, 6.07) is 9.64. The summed E-state index contributed by atoms with van der Waals surface area (Å²) in [4.78, 5) is 12.1. The first-order chi connectivity index (χ1) is 8.99. The van der Waals surface area contributed by atoms with Gasteiger partial charge < -0.3 is 0 Å². The van der Waals surface area contributed by atoms with Crippen LogP contribution in [0.15, 0.2) is 36.4 Å². The van der Waals surface area contributed by atoms with Crippen molar-refractivity contribution in [2.75, 3.05) is 0 Å². The van der Waals surface area contributed by atoms with Crippen LogP contribution in [-0.4, -0.2) is 5.78 Å². The number of benzene rings is 2. The van der Waals surface area contributed by atoms with Crippen molar-refractivity contribution in [2.45, 2.75) is 6.42 Å². The molecule has 0 radical (unpaired) electrons. The van der Waals surface area contributed by atoms with Gasteiger partial charge in [-0.05, 0) is 46.4 Å². The standard InChI is InChI=1S/C14H8Cl2FIO/c15-10-3-1-2-9(14(10)17)7-13(19)8-4-5-12(18)11(16)6-8/h1-6H,7H2. The molecule has 0 aliphatic rings. The van der Waals surface area contributed by atoms with Crippen molar-refractivity contribution in [1.82, 2.24) is 0 Å². The fourth-order valence-corrected chi connectivity index (χ4v) is 2.34. The molecular weight excluding hydrogens is 401 g/mol. The fourth-order valence-electron chi connectivity index (χ4n) is 1.63. The van der Waals surface area contributed by atoms with Gasteiger partial charge in [-0.3, -0.25) is 4.79 Å². The van der Waals surface area contributed by atoms with Crippen molar-refractivity contribution in [1.29, 1.82) is 0 Å². The van der Waals surface area contributed by atoms with Gasteiger partial charge in [0.2, 0.25) is 0 Å². The zero-order valence-corrected chi connectivity index (χ0v) is 13.3. The van der Waals surface area contributed by atoms with Crippen LogP contribution in [0.5, 0.6) is 0 Å². The summed E-state index contributed by atoms with van der Waals surface area (Å²) < 4.78 is 14.6. The Morgan fingerprint density at radius 1 is 1.16 bits per heavy atom. The van der Waals surface area contributed by atoms with Gasteiger partial charge in [-0.1, -0.05) is 41.4 Å². The van der Waals surface area contributed by atoms with Crippen molar-refractivity contribution in [3.05, 3.63) is 67.0 Å². The number of carbonyl (C=O) groups excluding carboxylic acids is 1. The first kappa shape index (κ1) is 14.8. The highest BCUT2D eigenvalue weighted by molar-refractivity contribution is 14.1. The van der Waals surface area contributed by atoms with Crippen LogP contribution < -0.4 is 0 Å².